The van der Waals surface area contributed by atoms with E-state index in [4.69, 9.17) is 4.74 Å². The number of nitrogens with zero attached hydrogens (tertiary/aromatic N) is 3. The molecule has 2 atom stereocenters. The summed E-state index contributed by atoms with van der Waals surface area (Å²) in [5.74, 6) is 2.30. The molecule has 1 aliphatic carbocycles. The number of morpholine rings is 1. The molecule has 4 heterocycles. The molecule has 1 aliphatic heterocycles. The molecule has 10 heteroatoms. The quantitative estimate of drug-likeness (QED) is 0.515. The normalized spacial score (nSPS) is 20.0. The number of hydrogen-bond acceptors (Lipinski definition) is 8. The number of aryl methyl sites for hydroxylation is 2. The van der Waals surface area contributed by atoms with Gasteiger partial charge in [-0.05, 0) is 50.3 Å². The molecule has 5 rings (SSSR count). The van der Waals surface area contributed by atoms with E-state index in [2.05, 4.69) is 39.0 Å². The maximum Gasteiger partial charge on any atom is 0.259 e. The van der Waals surface area contributed by atoms with Gasteiger partial charge in [-0.1, -0.05) is 6.07 Å². The Morgan fingerprint density at radius 3 is 2.88 bits per heavy atom. The highest BCUT2D eigenvalue weighted by molar-refractivity contribution is 7.99. The number of thiophene rings is 1. The zero-order valence-electron chi connectivity index (χ0n) is 19.4. The van der Waals surface area contributed by atoms with Crippen molar-refractivity contribution in [3.63, 3.8) is 0 Å². The van der Waals surface area contributed by atoms with Crippen molar-refractivity contribution in [3.8, 4) is 0 Å². The highest BCUT2D eigenvalue weighted by atomic mass is 32.2. The summed E-state index contributed by atoms with van der Waals surface area (Å²) in [6.07, 6.45) is 5.32. The minimum absolute atomic E-state index is 0.0524. The smallest absolute Gasteiger partial charge is 0.259 e. The lowest BCUT2D eigenvalue weighted by molar-refractivity contribution is -0.118. The number of carbonyl (C=O) groups is 1. The first-order valence-corrected chi connectivity index (χ1v) is 13.7. The summed E-state index contributed by atoms with van der Waals surface area (Å²) in [5.41, 5.74) is 2.09. The summed E-state index contributed by atoms with van der Waals surface area (Å²) < 4.78 is 5.78. The summed E-state index contributed by atoms with van der Waals surface area (Å²) >= 11 is 3.08. The first-order chi connectivity index (χ1) is 16.5. The minimum atomic E-state index is -0.0543. The molecule has 2 aliphatic rings. The van der Waals surface area contributed by atoms with Gasteiger partial charge in [0.25, 0.3) is 5.56 Å². The van der Waals surface area contributed by atoms with E-state index >= 15 is 0 Å². The number of fused-ring (bicyclic) bond motifs is 3. The monoisotopic (exact) mass is 499 g/mol. The van der Waals surface area contributed by atoms with Crippen LogP contribution in [0.2, 0.25) is 0 Å². The van der Waals surface area contributed by atoms with Crippen LogP contribution in [0.25, 0.3) is 10.2 Å². The standard InChI is InChI=1S/C24H29N5O3S2/c1-14-10-29(11-15(2)32-14)20-7-6-16(8-25-20)9-26-21(30)13-33-12-19-27-23(31)22-17-4-3-5-18(17)34-24(22)28-19/h6-8,14-15H,3-5,9-13H2,1-2H3,(H,26,30)(H,27,28,31). The predicted molar refractivity (Wildman–Crippen MR) is 137 cm³/mol. The average Bonchev–Trinajstić information content (AvgIpc) is 3.38. The molecule has 1 fully saturated rings. The van der Waals surface area contributed by atoms with Crippen molar-refractivity contribution in [1.29, 1.82) is 0 Å². The predicted octanol–water partition coefficient (Wildman–Crippen LogP) is 3.03. The van der Waals surface area contributed by atoms with Crippen molar-refractivity contribution in [2.45, 2.75) is 57.6 Å². The number of anilines is 1. The number of thioether (sulfide) groups is 1. The van der Waals surface area contributed by atoms with Crippen molar-refractivity contribution in [2.24, 2.45) is 0 Å². The summed E-state index contributed by atoms with van der Waals surface area (Å²) in [5, 5.41) is 3.71. The van der Waals surface area contributed by atoms with E-state index in [1.807, 2.05) is 18.3 Å². The number of carbonyl (C=O) groups excluding carboxylic acids is 1. The fraction of sp³-hybridized carbons (Fsp3) is 0.500. The second-order valence-corrected chi connectivity index (χ2v) is 11.1. The Bertz CT molecular complexity index is 1230. The fourth-order valence-electron chi connectivity index (χ4n) is 4.68. The van der Waals surface area contributed by atoms with Gasteiger partial charge in [-0.2, -0.15) is 0 Å². The summed E-state index contributed by atoms with van der Waals surface area (Å²) in [7, 11) is 0. The van der Waals surface area contributed by atoms with Crippen molar-refractivity contribution in [1.82, 2.24) is 20.3 Å². The molecule has 0 aromatic carbocycles. The van der Waals surface area contributed by atoms with Gasteiger partial charge in [-0.3, -0.25) is 9.59 Å². The van der Waals surface area contributed by atoms with E-state index in [0.717, 1.165) is 53.9 Å². The van der Waals surface area contributed by atoms with Crippen LogP contribution in [-0.2, 0) is 34.7 Å². The number of rotatable bonds is 7. The molecular weight excluding hydrogens is 470 g/mol. The molecule has 3 aromatic heterocycles. The van der Waals surface area contributed by atoms with E-state index in [0.29, 0.717) is 23.9 Å². The molecule has 1 saturated heterocycles. The van der Waals surface area contributed by atoms with E-state index in [1.165, 1.54) is 22.2 Å². The Hall–Kier alpha value is -2.43. The van der Waals surface area contributed by atoms with Gasteiger partial charge in [0.2, 0.25) is 5.91 Å². The molecule has 0 radical (unpaired) electrons. The molecule has 3 aromatic rings. The lowest BCUT2D eigenvalue weighted by Crippen LogP contribution is -2.45. The number of ether oxygens (including phenoxy) is 1. The zero-order valence-corrected chi connectivity index (χ0v) is 21.1. The SMILES string of the molecule is CC1CN(c2ccc(CNC(=O)CSCc3nc4sc5c(c4c(=O)[nH]3)CCC5)cn2)CC(C)O1. The van der Waals surface area contributed by atoms with Gasteiger partial charge in [0.1, 0.15) is 16.5 Å². The summed E-state index contributed by atoms with van der Waals surface area (Å²) in [6, 6.07) is 4.00. The second kappa shape index (κ2) is 10.1. The first-order valence-electron chi connectivity index (χ1n) is 11.7. The molecule has 0 saturated carbocycles. The molecule has 1 amide bonds. The Labute approximate surface area is 206 Å². The van der Waals surface area contributed by atoms with Crippen LogP contribution >= 0.6 is 23.1 Å². The van der Waals surface area contributed by atoms with Crippen LogP contribution in [0.5, 0.6) is 0 Å². The number of H-pyrrole nitrogens is 1. The highest BCUT2D eigenvalue weighted by Gasteiger charge is 2.23. The third kappa shape index (κ3) is 5.13. The Kier molecular flexibility index (Phi) is 6.89. The van der Waals surface area contributed by atoms with Gasteiger partial charge < -0.3 is 19.9 Å². The van der Waals surface area contributed by atoms with Crippen LogP contribution in [0.15, 0.2) is 23.1 Å². The molecule has 0 spiro atoms. The molecule has 8 nitrogen and oxygen atoms in total. The van der Waals surface area contributed by atoms with Crippen molar-refractivity contribution in [2.75, 3.05) is 23.7 Å². The lowest BCUT2D eigenvalue weighted by atomic mass is 10.2. The first kappa shape index (κ1) is 23.3. The molecule has 0 bridgehead atoms. The van der Waals surface area contributed by atoms with Gasteiger partial charge in [0.05, 0.1) is 29.1 Å². The lowest BCUT2D eigenvalue weighted by Gasteiger charge is -2.36. The van der Waals surface area contributed by atoms with E-state index in [1.54, 1.807) is 11.3 Å². The Morgan fingerprint density at radius 1 is 1.29 bits per heavy atom. The van der Waals surface area contributed by atoms with Gasteiger partial charge >= 0.3 is 0 Å². The molecule has 2 unspecified atom stereocenters. The van der Waals surface area contributed by atoms with Crippen molar-refractivity contribution >= 4 is 45.0 Å². The number of aromatic nitrogens is 3. The van der Waals surface area contributed by atoms with E-state index < -0.39 is 0 Å². The number of nitrogens with one attached hydrogen (secondary N) is 2. The van der Waals surface area contributed by atoms with Crippen LogP contribution < -0.4 is 15.8 Å². The third-order valence-corrected chi connectivity index (χ3v) is 8.27. The second-order valence-electron chi connectivity index (χ2n) is 9.01. The number of amides is 1. The van der Waals surface area contributed by atoms with E-state index in [9.17, 15) is 9.59 Å². The minimum Gasteiger partial charge on any atom is -0.372 e. The fourth-order valence-corrected chi connectivity index (χ4v) is 6.68. The van der Waals surface area contributed by atoms with Crippen LogP contribution in [0, 0.1) is 0 Å². The van der Waals surface area contributed by atoms with Gasteiger partial charge in [0.15, 0.2) is 0 Å². The number of hydrogen-bond donors (Lipinski definition) is 2. The largest absolute Gasteiger partial charge is 0.372 e. The van der Waals surface area contributed by atoms with Crippen LogP contribution in [0.3, 0.4) is 0 Å². The number of pyridine rings is 1. The molecular formula is C24H29N5O3S2. The molecule has 2 N–H and O–H groups in total. The molecule has 34 heavy (non-hydrogen) atoms. The van der Waals surface area contributed by atoms with E-state index in [-0.39, 0.29) is 23.7 Å². The summed E-state index contributed by atoms with van der Waals surface area (Å²) in [4.78, 5) is 41.3. The maximum absolute atomic E-state index is 12.5. The third-order valence-electron chi connectivity index (χ3n) is 6.14. The van der Waals surface area contributed by atoms with Gasteiger partial charge in [-0.15, -0.1) is 23.1 Å². The Balaban J connectivity index is 1.09. The molecule has 180 valence electrons. The van der Waals surface area contributed by atoms with Crippen LogP contribution in [0.1, 0.15) is 42.1 Å². The Morgan fingerprint density at radius 2 is 2.12 bits per heavy atom. The average molecular weight is 500 g/mol. The van der Waals surface area contributed by atoms with Crippen molar-refractivity contribution < 1.29 is 9.53 Å². The van der Waals surface area contributed by atoms with Crippen LogP contribution in [0.4, 0.5) is 5.82 Å². The summed E-state index contributed by atoms with van der Waals surface area (Å²) in [6.45, 7) is 6.23. The van der Waals surface area contributed by atoms with Crippen molar-refractivity contribution in [3.05, 3.63) is 50.5 Å². The highest BCUT2D eigenvalue weighted by Crippen LogP contribution is 2.34. The zero-order chi connectivity index (χ0) is 23.7. The number of aromatic amines is 1. The topological polar surface area (TPSA) is 100 Å². The van der Waals surface area contributed by atoms with Gasteiger partial charge in [-0.25, -0.2) is 9.97 Å². The van der Waals surface area contributed by atoms with Gasteiger partial charge in [0, 0.05) is 30.7 Å². The maximum atomic E-state index is 12.5. The van der Waals surface area contributed by atoms with Crippen LogP contribution in [-0.4, -0.2) is 51.9 Å².